The average Bonchev–Trinajstić information content (AvgIpc) is 3.50. The smallest absolute Gasteiger partial charge is 0.261 e. The molecule has 1 aromatic heterocycles. The van der Waals surface area contributed by atoms with Crippen LogP contribution in [-0.2, 0) is 10.0 Å². The minimum absolute atomic E-state index is 0.0233. The summed E-state index contributed by atoms with van der Waals surface area (Å²) >= 11 is 3.32. The van der Waals surface area contributed by atoms with Crippen molar-refractivity contribution in [1.29, 1.82) is 0 Å². The van der Waals surface area contributed by atoms with Crippen LogP contribution in [0.15, 0.2) is 80.7 Å². The van der Waals surface area contributed by atoms with Crippen LogP contribution >= 0.6 is 15.9 Å². The molecule has 1 aliphatic rings. The van der Waals surface area contributed by atoms with E-state index >= 15 is 0 Å². The van der Waals surface area contributed by atoms with Crippen molar-refractivity contribution in [2.75, 3.05) is 24.4 Å². The zero-order valence-electron chi connectivity index (χ0n) is 17.3. The fourth-order valence-electron chi connectivity index (χ4n) is 3.77. The maximum atomic E-state index is 12.8. The second-order valence-electron chi connectivity index (χ2n) is 7.62. The van der Waals surface area contributed by atoms with Crippen LogP contribution in [0.5, 0.6) is 0 Å². The van der Waals surface area contributed by atoms with Gasteiger partial charge in [-0.2, -0.15) is 0 Å². The number of hydrogen-bond acceptors (Lipinski definition) is 5. The van der Waals surface area contributed by atoms with E-state index in [2.05, 4.69) is 30.9 Å². The quantitative estimate of drug-likeness (QED) is 0.461. The number of amides is 1. The van der Waals surface area contributed by atoms with Gasteiger partial charge in [0, 0.05) is 22.3 Å². The van der Waals surface area contributed by atoms with E-state index < -0.39 is 10.0 Å². The summed E-state index contributed by atoms with van der Waals surface area (Å²) in [5.41, 5.74) is 0.721. The molecule has 1 aliphatic heterocycles. The van der Waals surface area contributed by atoms with Crippen LogP contribution < -0.4 is 10.0 Å². The Bertz CT molecular complexity index is 1160. The molecular weight excluding hydrogens is 494 g/mol. The van der Waals surface area contributed by atoms with Crippen LogP contribution in [0, 0.1) is 0 Å². The highest BCUT2D eigenvalue weighted by Gasteiger charge is 2.26. The molecule has 2 N–H and O–H groups in total. The van der Waals surface area contributed by atoms with Gasteiger partial charge >= 0.3 is 0 Å². The summed E-state index contributed by atoms with van der Waals surface area (Å²) < 4.78 is 34.5. The van der Waals surface area contributed by atoms with E-state index in [0.29, 0.717) is 12.2 Å². The first-order valence-electron chi connectivity index (χ1n) is 10.4. The summed E-state index contributed by atoms with van der Waals surface area (Å²) in [5.74, 6) is 0.476. The highest BCUT2D eigenvalue weighted by molar-refractivity contribution is 9.10. The van der Waals surface area contributed by atoms with E-state index in [0.717, 1.165) is 36.2 Å². The van der Waals surface area contributed by atoms with Gasteiger partial charge in [0.25, 0.3) is 15.9 Å². The summed E-state index contributed by atoms with van der Waals surface area (Å²) in [5, 5.41) is 2.94. The molecule has 1 atom stereocenters. The maximum Gasteiger partial charge on any atom is 0.261 e. The van der Waals surface area contributed by atoms with Crippen LogP contribution in [-0.4, -0.2) is 38.9 Å². The highest BCUT2D eigenvalue weighted by Crippen LogP contribution is 2.25. The largest absolute Gasteiger partial charge is 0.468 e. The van der Waals surface area contributed by atoms with Gasteiger partial charge in [0.2, 0.25) is 0 Å². The Labute approximate surface area is 196 Å². The van der Waals surface area contributed by atoms with Gasteiger partial charge in [0.1, 0.15) is 5.76 Å². The lowest BCUT2D eigenvalue weighted by atomic mass is 10.1. The Kier molecular flexibility index (Phi) is 6.98. The summed E-state index contributed by atoms with van der Waals surface area (Å²) in [6.45, 7) is 2.29. The lowest BCUT2D eigenvalue weighted by Gasteiger charge is -2.26. The van der Waals surface area contributed by atoms with Gasteiger partial charge in [0.15, 0.2) is 0 Å². The summed E-state index contributed by atoms with van der Waals surface area (Å²) in [7, 11) is -3.83. The average molecular weight is 518 g/mol. The molecule has 0 spiro atoms. The van der Waals surface area contributed by atoms with Crippen LogP contribution in [0.1, 0.15) is 35.0 Å². The molecule has 4 rings (SSSR count). The number of rotatable bonds is 8. The number of carbonyl (C=O) groups is 1. The number of sulfonamides is 1. The maximum absolute atomic E-state index is 12.8. The molecule has 0 bridgehead atoms. The molecule has 0 unspecified atom stereocenters. The molecule has 2 aromatic carbocycles. The molecule has 3 aromatic rings. The summed E-state index contributed by atoms with van der Waals surface area (Å²) in [6, 6.07) is 16.5. The molecular formula is C23H24BrN3O4S. The third kappa shape index (κ3) is 5.40. The molecule has 168 valence electrons. The van der Waals surface area contributed by atoms with Crippen LogP contribution in [0.25, 0.3) is 0 Å². The number of benzene rings is 2. The Morgan fingerprint density at radius 3 is 2.50 bits per heavy atom. The Balaban J connectivity index is 1.46. The van der Waals surface area contributed by atoms with Gasteiger partial charge in [0.05, 0.1) is 17.2 Å². The molecule has 0 aliphatic carbocycles. The number of hydrogen-bond donors (Lipinski definition) is 2. The number of likely N-dealkylation sites (tertiary alicyclic amines) is 1. The molecule has 32 heavy (non-hydrogen) atoms. The number of anilines is 1. The number of halogens is 1. The Hall–Kier alpha value is -2.62. The fraction of sp³-hybridized carbons (Fsp3) is 0.261. The Morgan fingerprint density at radius 2 is 1.81 bits per heavy atom. The molecule has 1 fully saturated rings. The van der Waals surface area contributed by atoms with Crippen molar-refractivity contribution < 1.29 is 17.6 Å². The summed E-state index contributed by atoms with van der Waals surface area (Å²) in [6.07, 6.45) is 3.87. The second-order valence-corrected chi connectivity index (χ2v) is 10.2. The predicted octanol–water partition coefficient (Wildman–Crippen LogP) is 4.41. The lowest BCUT2D eigenvalue weighted by molar-refractivity contribution is 0.0933. The first-order valence-corrected chi connectivity index (χ1v) is 12.6. The van der Waals surface area contributed by atoms with Gasteiger partial charge in [-0.25, -0.2) is 8.42 Å². The van der Waals surface area contributed by atoms with Gasteiger partial charge in [-0.15, -0.1) is 0 Å². The van der Waals surface area contributed by atoms with E-state index in [4.69, 9.17) is 4.42 Å². The number of furan rings is 1. The van der Waals surface area contributed by atoms with Gasteiger partial charge < -0.3 is 9.73 Å². The number of nitrogens with one attached hydrogen (secondary N) is 2. The number of nitrogens with zero attached hydrogens (tertiary/aromatic N) is 1. The minimum Gasteiger partial charge on any atom is -0.468 e. The SMILES string of the molecule is O=C(NC[C@@H](c1ccco1)N1CCCC1)c1cccc(S(=O)(=O)Nc2ccc(Br)cc2)c1. The van der Waals surface area contributed by atoms with Crippen molar-refractivity contribution in [3.05, 3.63) is 82.7 Å². The molecule has 1 amide bonds. The highest BCUT2D eigenvalue weighted by atomic mass is 79.9. The predicted molar refractivity (Wildman–Crippen MR) is 126 cm³/mol. The molecule has 1 saturated heterocycles. The van der Waals surface area contributed by atoms with Gasteiger partial charge in [-0.1, -0.05) is 22.0 Å². The fourth-order valence-corrected chi connectivity index (χ4v) is 5.14. The van der Waals surface area contributed by atoms with Crippen LogP contribution in [0.4, 0.5) is 5.69 Å². The molecule has 9 heteroatoms. The zero-order chi connectivity index (χ0) is 22.6. The molecule has 7 nitrogen and oxygen atoms in total. The monoisotopic (exact) mass is 517 g/mol. The third-order valence-electron chi connectivity index (χ3n) is 5.41. The van der Waals surface area contributed by atoms with Crippen LogP contribution in [0.3, 0.4) is 0 Å². The van der Waals surface area contributed by atoms with E-state index in [9.17, 15) is 13.2 Å². The normalized spacial score (nSPS) is 15.4. The first-order chi connectivity index (χ1) is 15.4. The second kappa shape index (κ2) is 9.89. The van der Waals surface area contributed by atoms with E-state index in [-0.39, 0.29) is 22.4 Å². The molecule has 0 radical (unpaired) electrons. The van der Waals surface area contributed by atoms with Gasteiger partial charge in [-0.05, 0) is 80.5 Å². The third-order valence-corrected chi connectivity index (χ3v) is 7.32. The molecule has 2 heterocycles. The van der Waals surface area contributed by atoms with E-state index in [1.165, 1.54) is 12.1 Å². The van der Waals surface area contributed by atoms with Crippen molar-refractivity contribution in [2.45, 2.75) is 23.8 Å². The van der Waals surface area contributed by atoms with E-state index in [1.807, 2.05) is 12.1 Å². The van der Waals surface area contributed by atoms with Crippen molar-refractivity contribution >= 4 is 37.5 Å². The lowest BCUT2D eigenvalue weighted by Crippen LogP contribution is -2.36. The topological polar surface area (TPSA) is 91.7 Å². The molecule has 0 saturated carbocycles. The standard InChI is InChI=1S/C23H24BrN3O4S/c24-18-8-10-19(11-9-18)26-32(29,30)20-6-3-5-17(15-20)23(28)25-16-21(22-7-4-14-31-22)27-12-1-2-13-27/h3-11,14-15,21,26H,1-2,12-13,16H2,(H,25,28)/t21-/m0/s1. The Morgan fingerprint density at radius 1 is 1.06 bits per heavy atom. The van der Waals surface area contributed by atoms with Crippen molar-refractivity contribution in [2.24, 2.45) is 0 Å². The zero-order valence-corrected chi connectivity index (χ0v) is 19.7. The van der Waals surface area contributed by atoms with Crippen molar-refractivity contribution in [3.63, 3.8) is 0 Å². The number of carbonyl (C=O) groups excluding carboxylic acids is 1. The van der Waals surface area contributed by atoms with Gasteiger partial charge in [-0.3, -0.25) is 14.4 Å². The van der Waals surface area contributed by atoms with Crippen LogP contribution in [0.2, 0.25) is 0 Å². The minimum atomic E-state index is -3.83. The van der Waals surface area contributed by atoms with E-state index in [1.54, 1.807) is 42.7 Å². The summed E-state index contributed by atoms with van der Waals surface area (Å²) in [4.78, 5) is 15.1. The van der Waals surface area contributed by atoms with Crippen molar-refractivity contribution in [1.82, 2.24) is 10.2 Å². The van der Waals surface area contributed by atoms with Crippen molar-refractivity contribution in [3.8, 4) is 0 Å². The first kappa shape index (κ1) is 22.6.